The number of amides is 1. The van der Waals surface area contributed by atoms with Gasteiger partial charge in [-0.05, 0) is 26.2 Å². The summed E-state index contributed by atoms with van der Waals surface area (Å²) in [6.45, 7) is 8.26. The highest BCUT2D eigenvalue weighted by molar-refractivity contribution is 7.86. The van der Waals surface area contributed by atoms with Crippen molar-refractivity contribution in [3.8, 4) is 0 Å². The van der Waals surface area contributed by atoms with Crippen molar-refractivity contribution < 1.29 is 9.00 Å². The first-order valence-electron chi connectivity index (χ1n) is 5.75. The molecule has 0 fully saturated rings. The van der Waals surface area contributed by atoms with Gasteiger partial charge in [-0.3, -0.25) is 9.00 Å². The molecule has 0 aliphatic heterocycles. The van der Waals surface area contributed by atoms with Gasteiger partial charge >= 0.3 is 0 Å². The number of rotatable bonds is 7. The zero-order valence-corrected chi connectivity index (χ0v) is 11.5. The third-order valence-corrected chi connectivity index (χ3v) is 3.86. The predicted molar refractivity (Wildman–Crippen MR) is 68.6 cm³/mol. The average molecular weight is 248 g/mol. The third-order valence-electron chi connectivity index (χ3n) is 2.22. The van der Waals surface area contributed by atoms with Crippen molar-refractivity contribution in [3.63, 3.8) is 0 Å². The van der Waals surface area contributed by atoms with Gasteiger partial charge in [0.05, 0.1) is 0 Å². The van der Waals surface area contributed by atoms with Gasteiger partial charge in [-0.25, -0.2) is 0 Å². The number of nitrogens with one attached hydrogen (secondary N) is 1. The third kappa shape index (κ3) is 6.95. The van der Waals surface area contributed by atoms with Gasteiger partial charge in [-0.2, -0.15) is 0 Å². The molecule has 3 unspecified atom stereocenters. The fraction of sp³-hybridized carbons (Fsp3) is 0.909. The SMILES string of the molecule is CC(C)CNC(=O)C(C)S(=O)CCC(C)N. The van der Waals surface area contributed by atoms with E-state index in [0.29, 0.717) is 24.6 Å². The van der Waals surface area contributed by atoms with Crippen molar-refractivity contribution >= 4 is 16.7 Å². The zero-order chi connectivity index (χ0) is 12.7. The van der Waals surface area contributed by atoms with E-state index in [-0.39, 0.29) is 11.9 Å². The average Bonchev–Trinajstić information content (AvgIpc) is 2.21. The highest BCUT2D eigenvalue weighted by atomic mass is 32.2. The molecule has 0 aromatic heterocycles. The second-order valence-corrected chi connectivity index (χ2v) is 6.51. The molecule has 0 aromatic rings. The summed E-state index contributed by atoms with van der Waals surface area (Å²) in [5.74, 6) is 0.777. The number of nitrogens with two attached hydrogens (primary N) is 1. The standard InChI is InChI=1S/C11H24N2O2S/c1-8(2)7-13-11(14)10(4)16(15)6-5-9(3)12/h8-10H,5-7,12H2,1-4H3,(H,13,14). The van der Waals surface area contributed by atoms with E-state index >= 15 is 0 Å². The Morgan fingerprint density at radius 3 is 2.31 bits per heavy atom. The molecule has 96 valence electrons. The molecule has 0 rings (SSSR count). The van der Waals surface area contributed by atoms with Gasteiger partial charge < -0.3 is 11.1 Å². The van der Waals surface area contributed by atoms with E-state index in [1.165, 1.54) is 0 Å². The van der Waals surface area contributed by atoms with Crippen LogP contribution in [0.15, 0.2) is 0 Å². The van der Waals surface area contributed by atoms with Crippen LogP contribution in [0, 0.1) is 5.92 Å². The summed E-state index contributed by atoms with van der Waals surface area (Å²) >= 11 is 0. The minimum absolute atomic E-state index is 0.0369. The molecule has 0 spiro atoms. The number of hydrogen-bond acceptors (Lipinski definition) is 3. The summed E-state index contributed by atoms with van der Waals surface area (Å²) in [4.78, 5) is 11.6. The van der Waals surface area contributed by atoms with Crippen molar-refractivity contribution in [2.75, 3.05) is 12.3 Å². The van der Waals surface area contributed by atoms with Crippen molar-refractivity contribution in [1.82, 2.24) is 5.32 Å². The van der Waals surface area contributed by atoms with Crippen LogP contribution >= 0.6 is 0 Å². The minimum atomic E-state index is -1.12. The maximum atomic E-state index is 11.7. The van der Waals surface area contributed by atoms with Gasteiger partial charge in [0, 0.05) is 29.1 Å². The largest absolute Gasteiger partial charge is 0.355 e. The second-order valence-electron chi connectivity index (χ2n) is 4.63. The molecule has 3 atom stereocenters. The van der Waals surface area contributed by atoms with Crippen molar-refractivity contribution in [3.05, 3.63) is 0 Å². The first-order valence-corrected chi connectivity index (χ1v) is 7.13. The van der Waals surface area contributed by atoms with Crippen LogP contribution in [0.3, 0.4) is 0 Å². The molecule has 0 heterocycles. The van der Waals surface area contributed by atoms with Gasteiger partial charge in [0.25, 0.3) is 0 Å². The lowest BCUT2D eigenvalue weighted by atomic mass is 10.2. The van der Waals surface area contributed by atoms with Crippen LogP contribution in [0.5, 0.6) is 0 Å². The first-order chi connectivity index (χ1) is 7.34. The van der Waals surface area contributed by atoms with E-state index in [9.17, 15) is 9.00 Å². The quantitative estimate of drug-likeness (QED) is 0.694. The van der Waals surface area contributed by atoms with Crippen molar-refractivity contribution in [1.29, 1.82) is 0 Å². The molecule has 0 radical (unpaired) electrons. The molecule has 3 N–H and O–H groups in total. The van der Waals surface area contributed by atoms with Crippen LogP contribution in [0.4, 0.5) is 0 Å². The number of carbonyl (C=O) groups is 1. The monoisotopic (exact) mass is 248 g/mol. The molecule has 0 saturated heterocycles. The minimum Gasteiger partial charge on any atom is -0.355 e. The zero-order valence-electron chi connectivity index (χ0n) is 10.7. The molecule has 0 bridgehead atoms. The maximum Gasteiger partial charge on any atom is 0.235 e. The molecule has 0 aliphatic rings. The lowest BCUT2D eigenvalue weighted by molar-refractivity contribution is -0.120. The van der Waals surface area contributed by atoms with Crippen LogP contribution in [0.1, 0.15) is 34.1 Å². The van der Waals surface area contributed by atoms with Crippen LogP contribution in [-0.2, 0) is 15.6 Å². The lowest BCUT2D eigenvalue weighted by Gasteiger charge is -2.14. The summed E-state index contributed by atoms with van der Waals surface area (Å²) in [5, 5.41) is 2.34. The Bertz CT molecular complexity index is 218. The summed E-state index contributed by atoms with van der Waals surface area (Å²) in [7, 11) is -1.12. The smallest absolute Gasteiger partial charge is 0.235 e. The van der Waals surface area contributed by atoms with Crippen LogP contribution in [-0.4, -0.2) is 33.7 Å². The molecule has 0 saturated carbocycles. The molecular formula is C11H24N2O2S. The Balaban J connectivity index is 3.97. The Labute approximate surface area is 101 Å². The van der Waals surface area contributed by atoms with E-state index in [1.807, 2.05) is 20.8 Å². The van der Waals surface area contributed by atoms with Crippen molar-refractivity contribution in [2.45, 2.75) is 45.4 Å². The summed E-state index contributed by atoms with van der Waals surface area (Å²) in [6, 6.07) is 0.0369. The van der Waals surface area contributed by atoms with Crippen LogP contribution < -0.4 is 11.1 Å². The molecule has 5 heteroatoms. The normalized spacial score (nSPS) is 16.9. The van der Waals surface area contributed by atoms with Gasteiger partial charge in [0.2, 0.25) is 5.91 Å². The molecule has 0 aliphatic carbocycles. The van der Waals surface area contributed by atoms with Gasteiger partial charge in [0.15, 0.2) is 0 Å². The summed E-state index contributed by atoms with van der Waals surface area (Å²) in [6.07, 6.45) is 0.689. The van der Waals surface area contributed by atoms with E-state index in [4.69, 9.17) is 5.73 Å². The number of carbonyl (C=O) groups excluding carboxylic acids is 1. The fourth-order valence-corrected chi connectivity index (χ4v) is 2.33. The van der Waals surface area contributed by atoms with Gasteiger partial charge in [-0.1, -0.05) is 13.8 Å². The van der Waals surface area contributed by atoms with E-state index in [2.05, 4.69) is 5.32 Å². The molecule has 1 amide bonds. The lowest BCUT2D eigenvalue weighted by Crippen LogP contribution is -2.38. The Morgan fingerprint density at radius 2 is 1.88 bits per heavy atom. The van der Waals surface area contributed by atoms with E-state index < -0.39 is 16.0 Å². The van der Waals surface area contributed by atoms with Gasteiger partial charge in [0.1, 0.15) is 5.25 Å². The highest BCUT2D eigenvalue weighted by Crippen LogP contribution is 2.01. The fourth-order valence-electron chi connectivity index (χ4n) is 1.05. The van der Waals surface area contributed by atoms with Gasteiger partial charge in [-0.15, -0.1) is 0 Å². The maximum absolute atomic E-state index is 11.7. The second kappa shape index (κ2) is 7.79. The van der Waals surface area contributed by atoms with Crippen LogP contribution in [0.25, 0.3) is 0 Å². The summed E-state index contributed by atoms with van der Waals surface area (Å²) in [5.41, 5.74) is 5.58. The van der Waals surface area contributed by atoms with E-state index in [0.717, 1.165) is 0 Å². The van der Waals surface area contributed by atoms with E-state index in [1.54, 1.807) is 6.92 Å². The summed E-state index contributed by atoms with van der Waals surface area (Å²) < 4.78 is 11.7. The first kappa shape index (κ1) is 15.6. The molecule has 16 heavy (non-hydrogen) atoms. The Morgan fingerprint density at radius 1 is 1.31 bits per heavy atom. The predicted octanol–water partition coefficient (Wildman–Crippen LogP) is 0.633. The highest BCUT2D eigenvalue weighted by Gasteiger charge is 2.19. The Hall–Kier alpha value is -0.420. The van der Waals surface area contributed by atoms with Crippen molar-refractivity contribution in [2.24, 2.45) is 11.7 Å². The molecule has 4 nitrogen and oxygen atoms in total. The molecular weight excluding hydrogens is 224 g/mol. The topological polar surface area (TPSA) is 72.2 Å². The number of hydrogen-bond donors (Lipinski definition) is 2. The Kier molecular flexibility index (Phi) is 7.58. The van der Waals surface area contributed by atoms with Crippen LogP contribution in [0.2, 0.25) is 0 Å². The molecule has 0 aromatic carbocycles.